The van der Waals surface area contributed by atoms with Crippen molar-refractivity contribution in [2.75, 3.05) is 39.3 Å². The zero-order valence-electron chi connectivity index (χ0n) is 18.9. The van der Waals surface area contributed by atoms with Crippen molar-refractivity contribution in [1.29, 1.82) is 0 Å². The fourth-order valence-corrected chi connectivity index (χ4v) is 4.24. The average molecular weight is 432 g/mol. The molecule has 168 valence electrons. The highest BCUT2D eigenvalue weighted by atomic mass is 16.1. The minimum atomic E-state index is 0.0933. The molecule has 0 saturated carbocycles. The first-order chi connectivity index (χ1) is 15.7. The van der Waals surface area contributed by atoms with Gasteiger partial charge in [-0.3, -0.25) is 14.6 Å². The van der Waals surface area contributed by atoms with Crippen LogP contribution in [0, 0.1) is 6.92 Å². The van der Waals surface area contributed by atoms with Gasteiger partial charge in [0, 0.05) is 76.7 Å². The molecular formula is C26H33N5O. The quantitative estimate of drug-likeness (QED) is 0.565. The number of amides is 1. The largest absolute Gasteiger partial charge is 0.355 e. The summed E-state index contributed by atoms with van der Waals surface area (Å²) < 4.78 is 2.04. The number of rotatable bonds is 9. The molecule has 0 radical (unpaired) electrons. The second kappa shape index (κ2) is 11.1. The third-order valence-electron chi connectivity index (χ3n) is 6.03. The van der Waals surface area contributed by atoms with Gasteiger partial charge < -0.3 is 9.88 Å². The Balaban J connectivity index is 1.13. The molecular weight excluding hydrogens is 398 g/mol. The van der Waals surface area contributed by atoms with Crippen LogP contribution < -0.4 is 5.32 Å². The Labute approximate surface area is 190 Å². The third-order valence-corrected chi connectivity index (χ3v) is 6.03. The standard InChI is InChI=1S/C26H33N5O/c1-22-6-5-7-23(20-22)21-30-18-16-29(17-19-30)14-11-27-25(32)10-13-31-15-12-28-26(31)24-8-3-2-4-9-24/h2-9,12,15,20H,10-11,13-14,16-19,21H2,1H3,(H,27,32). The van der Waals surface area contributed by atoms with Gasteiger partial charge in [-0.2, -0.15) is 0 Å². The lowest BCUT2D eigenvalue weighted by Gasteiger charge is -2.34. The van der Waals surface area contributed by atoms with E-state index in [1.807, 2.05) is 41.1 Å². The lowest BCUT2D eigenvalue weighted by Crippen LogP contribution is -2.48. The van der Waals surface area contributed by atoms with E-state index in [1.165, 1.54) is 11.1 Å². The molecule has 1 aromatic heterocycles. The molecule has 1 aliphatic rings. The summed E-state index contributed by atoms with van der Waals surface area (Å²) in [4.78, 5) is 21.7. The summed E-state index contributed by atoms with van der Waals surface area (Å²) in [6, 6.07) is 18.8. The second-order valence-corrected chi connectivity index (χ2v) is 8.52. The van der Waals surface area contributed by atoms with Gasteiger partial charge >= 0.3 is 0 Å². The second-order valence-electron chi connectivity index (χ2n) is 8.52. The van der Waals surface area contributed by atoms with Gasteiger partial charge in [0.2, 0.25) is 5.91 Å². The minimum absolute atomic E-state index is 0.0933. The van der Waals surface area contributed by atoms with Crippen LogP contribution in [0.3, 0.4) is 0 Å². The van der Waals surface area contributed by atoms with E-state index in [1.54, 1.807) is 6.20 Å². The Morgan fingerprint density at radius 2 is 1.75 bits per heavy atom. The highest BCUT2D eigenvalue weighted by molar-refractivity contribution is 5.75. The molecule has 0 spiro atoms. The maximum absolute atomic E-state index is 12.3. The highest BCUT2D eigenvalue weighted by Gasteiger charge is 2.17. The van der Waals surface area contributed by atoms with E-state index in [0.29, 0.717) is 19.5 Å². The minimum Gasteiger partial charge on any atom is -0.355 e. The Kier molecular flexibility index (Phi) is 7.69. The molecule has 1 N–H and O–H groups in total. The van der Waals surface area contributed by atoms with Crippen LogP contribution in [-0.2, 0) is 17.9 Å². The molecule has 0 atom stereocenters. The summed E-state index contributed by atoms with van der Waals surface area (Å²) in [6.07, 6.45) is 4.19. The van der Waals surface area contributed by atoms with Crippen molar-refractivity contribution < 1.29 is 4.79 Å². The summed E-state index contributed by atoms with van der Waals surface area (Å²) >= 11 is 0. The molecule has 1 saturated heterocycles. The van der Waals surface area contributed by atoms with E-state index < -0.39 is 0 Å². The summed E-state index contributed by atoms with van der Waals surface area (Å²) in [5.41, 5.74) is 3.78. The molecule has 0 unspecified atom stereocenters. The Morgan fingerprint density at radius 3 is 2.53 bits per heavy atom. The summed E-state index contributed by atoms with van der Waals surface area (Å²) in [5.74, 6) is 0.998. The van der Waals surface area contributed by atoms with Crippen LogP contribution in [-0.4, -0.2) is 64.5 Å². The number of nitrogens with one attached hydrogen (secondary N) is 1. The first-order valence-electron chi connectivity index (χ1n) is 11.5. The van der Waals surface area contributed by atoms with Gasteiger partial charge in [0.25, 0.3) is 0 Å². The fourth-order valence-electron chi connectivity index (χ4n) is 4.24. The Hall–Kier alpha value is -2.96. The topological polar surface area (TPSA) is 53.4 Å². The van der Waals surface area contributed by atoms with Crippen LogP contribution in [0.1, 0.15) is 17.5 Å². The molecule has 0 aliphatic carbocycles. The highest BCUT2D eigenvalue weighted by Crippen LogP contribution is 2.17. The number of nitrogens with zero attached hydrogens (tertiary/aromatic N) is 4. The molecule has 4 rings (SSSR count). The smallest absolute Gasteiger partial charge is 0.221 e. The van der Waals surface area contributed by atoms with Gasteiger partial charge in [0.15, 0.2) is 0 Å². The Morgan fingerprint density at radius 1 is 0.969 bits per heavy atom. The fraction of sp³-hybridized carbons (Fsp3) is 0.385. The molecule has 6 heteroatoms. The predicted molar refractivity (Wildman–Crippen MR) is 128 cm³/mol. The number of benzene rings is 2. The molecule has 2 heterocycles. The van der Waals surface area contributed by atoms with Gasteiger partial charge in [-0.15, -0.1) is 0 Å². The number of carbonyl (C=O) groups excluding carboxylic acids is 1. The van der Waals surface area contributed by atoms with Crippen molar-refractivity contribution in [3.8, 4) is 11.4 Å². The van der Waals surface area contributed by atoms with Gasteiger partial charge in [-0.1, -0.05) is 60.2 Å². The zero-order valence-corrected chi connectivity index (χ0v) is 18.9. The number of hydrogen-bond acceptors (Lipinski definition) is 4. The molecule has 32 heavy (non-hydrogen) atoms. The Bertz CT molecular complexity index is 992. The molecule has 2 aromatic carbocycles. The van der Waals surface area contributed by atoms with Crippen molar-refractivity contribution in [1.82, 2.24) is 24.7 Å². The maximum Gasteiger partial charge on any atom is 0.221 e. The molecule has 1 fully saturated rings. The molecule has 0 bridgehead atoms. The van der Waals surface area contributed by atoms with E-state index >= 15 is 0 Å². The van der Waals surface area contributed by atoms with Gasteiger partial charge in [0.1, 0.15) is 5.82 Å². The average Bonchev–Trinajstić information content (AvgIpc) is 3.28. The first kappa shape index (κ1) is 22.2. The zero-order chi connectivity index (χ0) is 22.2. The van der Waals surface area contributed by atoms with Crippen molar-refractivity contribution in [3.05, 3.63) is 78.1 Å². The number of hydrogen-bond donors (Lipinski definition) is 1. The summed E-state index contributed by atoms with van der Waals surface area (Å²) in [5, 5.41) is 3.08. The predicted octanol–water partition coefficient (Wildman–Crippen LogP) is 3.18. The number of aromatic nitrogens is 2. The van der Waals surface area contributed by atoms with Crippen LogP contribution in [0.5, 0.6) is 0 Å². The maximum atomic E-state index is 12.3. The first-order valence-corrected chi connectivity index (χ1v) is 11.5. The van der Waals surface area contributed by atoms with Gasteiger partial charge in [0.05, 0.1) is 0 Å². The monoisotopic (exact) mass is 431 g/mol. The summed E-state index contributed by atoms with van der Waals surface area (Å²) in [6.45, 7) is 9.66. The van der Waals surface area contributed by atoms with Crippen molar-refractivity contribution in [3.63, 3.8) is 0 Å². The molecule has 6 nitrogen and oxygen atoms in total. The molecule has 3 aromatic rings. The van der Waals surface area contributed by atoms with Crippen LogP contribution in [0.4, 0.5) is 0 Å². The molecule has 1 amide bonds. The normalized spacial score (nSPS) is 15.0. The van der Waals surface area contributed by atoms with Crippen molar-refractivity contribution >= 4 is 5.91 Å². The number of piperazine rings is 1. The number of carbonyl (C=O) groups is 1. The lowest BCUT2D eigenvalue weighted by molar-refractivity contribution is -0.121. The molecule has 1 aliphatic heterocycles. The van der Waals surface area contributed by atoms with E-state index in [4.69, 9.17) is 0 Å². The number of aryl methyl sites for hydroxylation is 2. The van der Waals surface area contributed by atoms with Gasteiger partial charge in [-0.25, -0.2) is 4.98 Å². The van der Waals surface area contributed by atoms with Crippen molar-refractivity contribution in [2.45, 2.75) is 26.4 Å². The van der Waals surface area contributed by atoms with Gasteiger partial charge in [-0.05, 0) is 12.5 Å². The SMILES string of the molecule is Cc1cccc(CN2CCN(CCNC(=O)CCn3ccnc3-c3ccccc3)CC2)c1. The van der Waals surface area contributed by atoms with E-state index in [-0.39, 0.29) is 5.91 Å². The van der Waals surface area contributed by atoms with E-state index in [9.17, 15) is 4.79 Å². The summed E-state index contributed by atoms with van der Waals surface area (Å²) in [7, 11) is 0. The van der Waals surface area contributed by atoms with Crippen LogP contribution in [0.25, 0.3) is 11.4 Å². The van der Waals surface area contributed by atoms with Crippen LogP contribution in [0.2, 0.25) is 0 Å². The van der Waals surface area contributed by atoms with Crippen molar-refractivity contribution in [2.24, 2.45) is 0 Å². The number of imidazole rings is 1. The van der Waals surface area contributed by atoms with Crippen LogP contribution >= 0.6 is 0 Å². The van der Waals surface area contributed by atoms with Crippen LogP contribution in [0.15, 0.2) is 67.0 Å². The third kappa shape index (κ3) is 6.28. The van der Waals surface area contributed by atoms with E-state index in [2.05, 4.69) is 51.3 Å². The van der Waals surface area contributed by atoms with E-state index in [0.717, 1.165) is 50.7 Å². The lowest BCUT2D eigenvalue weighted by atomic mass is 10.1.